The van der Waals surface area contributed by atoms with Gasteiger partial charge in [-0.3, -0.25) is 0 Å². The molecule has 5 heteroatoms. The fourth-order valence-electron chi connectivity index (χ4n) is 2.97. The molecule has 3 rings (SSSR count). The maximum absolute atomic E-state index is 11.9. The van der Waals surface area contributed by atoms with Crippen LogP contribution in [0.1, 0.15) is 29.5 Å². The first kappa shape index (κ1) is 16.8. The maximum Gasteiger partial charge on any atom is 0.319 e. The van der Waals surface area contributed by atoms with Crippen molar-refractivity contribution in [2.45, 2.75) is 25.7 Å². The van der Waals surface area contributed by atoms with Crippen LogP contribution in [0.25, 0.3) is 0 Å². The highest BCUT2D eigenvalue weighted by Crippen LogP contribution is 2.25. The summed E-state index contributed by atoms with van der Waals surface area (Å²) in [6.07, 6.45) is 4.79. The SMILES string of the molecule is N#Cc1cccc(NC(=O)NCCOc2ccc3c(c2)CCCC3)c1. The number of hydrogen-bond acceptors (Lipinski definition) is 3. The van der Waals surface area contributed by atoms with Gasteiger partial charge in [-0.1, -0.05) is 12.1 Å². The molecule has 1 aliphatic rings. The second-order valence-electron chi connectivity index (χ2n) is 6.06. The van der Waals surface area contributed by atoms with E-state index in [0.29, 0.717) is 24.4 Å². The van der Waals surface area contributed by atoms with Crippen LogP contribution in [-0.2, 0) is 12.8 Å². The van der Waals surface area contributed by atoms with Crippen molar-refractivity contribution in [3.63, 3.8) is 0 Å². The molecule has 1 aliphatic carbocycles. The smallest absolute Gasteiger partial charge is 0.319 e. The molecule has 0 spiro atoms. The van der Waals surface area contributed by atoms with E-state index in [2.05, 4.69) is 22.8 Å². The van der Waals surface area contributed by atoms with Crippen LogP contribution in [0.2, 0.25) is 0 Å². The molecule has 0 aromatic heterocycles. The molecule has 0 bridgehead atoms. The Bertz CT molecular complexity index is 796. The Morgan fingerprint density at radius 1 is 1.12 bits per heavy atom. The number of anilines is 1. The molecule has 0 aliphatic heterocycles. The number of rotatable bonds is 5. The molecule has 0 unspecified atom stereocenters. The van der Waals surface area contributed by atoms with Crippen LogP contribution in [-0.4, -0.2) is 19.2 Å². The molecular formula is C20H21N3O2. The van der Waals surface area contributed by atoms with Gasteiger partial charge in [0.2, 0.25) is 0 Å². The number of aryl methyl sites for hydroxylation is 2. The highest BCUT2D eigenvalue weighted by atomic mass is 16.5. The molecule has 2 amide bonds. The monoisotopic (exact) mass is 335 g/mol. The minimum absolute atomic E-state index is 0.316. The van der Waals surface area contributed by atoms with Crippen molar-refractivity contribution in [3.8, 4) is 11.8 Å². The number of nitrogens with zero attached hydrogens (tertiary/aromatic N) is 1. The van der Waals surface area contributed by atoms with Crippen molar-refractivity contribution in [2.75, 3.05) is 18.5 Å². The van der Waals surface area contributed by atoms with Gasteiger partial charge in [0.25, 0.3) is 0 Å². The zero-order valence-corrected chi connectivity index (χ0v) is 14.0. The maximum atomic E-state index is 11.9. The fourth-order valence-corrected chi connectivity index (χ4v) is 2.97. The average Bonchev–Trinajstić information content (AvgIpc) is 2.65. The Morgan fingerprint density at radius 3 is 2.80 bits per heavy atom. The standard InChI is InChI=1S/C20H21N3O2/c21-14-15-4-3-7-18(12-15)23-20(24)22-10-11-25-19-9-8-16-5-1-2-6-17(16)13-19/h3-4,7-9,12-13H,1-2,5-6,10-11H2,(H2,22,23,24). The molecule has 25 heavy (non-hydrogen) atoms. The highest BCUT2D eigenvalue weighted by Gasteiger charge is 2.10. The fraction of sp³-hybridized carbons (Fsp3) is 0.300. The van der Waals surface area contributed by atoms with E-state index in [1.807, 2.05) is 12.1 Å². The van der Waals surface area contributed by atoms with E-state index in [0.717, 1.165) is 18.6 Å². The van der Waals surface area contributed by atoms with Gasteiger partial charge in [-0.05, 0) is 67.1 Å². The molecule has 0 atom stereocenters. The Balaban J connectivity index is 1.42. The second-order valence-corrected chi connectivity index (χ2v) is 6.06. The number of carbonyl (C=O) groups excluding carboxylic acids is 1. The summed E-state index contributed by atoms with van der Waals surface area (Å²) < 4.78 is 5.72. The summed E-state index contributed by atoms with van der Waals surface area (Å²) >= 11 is 0. The molecule has 0 fully saturated rings. The first-order valence-electron chi connectivity index (χ1n) is 8.54. The average molecular weight is 335 g/mol. The molecule has 2 aromatic rings. The largest absolute Gasteiger partial charge is 0.492 e. The lowest BCUT2D eigenvalue weighted by atomic mass is 9.92. The van der Waals surface area contributed by atoms with Crippen LogP contribution >= 0.6 is 0 Å². The molecule has 2 aromatic carbocycles. The van der Waals surface area contributed by atoms with Gasteiger partial charge in [-0.25, -0.2) is 4.79 Å². The number of benzene rings is 2. The summed E-state index contributed by atoms with van der Waals surface area (Å²) in [5.41, 5.74) is 3.91. The van der Waals surface area contributed by atoms with Crippen molar-refractivity contribution in [2.24, 2.45) is 0 Å². The lowest BCUT2D eigenvalue weighted by Crippen LogP contribution is -2.32. The third-order valence-electron chi connectivity index (χ3n) is 4.23. The van der Waals surface area contributed by atoms with Crippen LogP contribution in [0.3, 0.4) is 0 Å². The number of nitrogens with one attached hydrogen (secondary N) is 2. The molecule has 0 saturated heterocycles. The minimum atomic E-state index is -0.316. The number of ether oxygens (including phenoxy) is 1. The van der Waals surface area contributed by atoms with E-state index < -0.39 is 0 Å². The third kappa shape index (κ3) is 4.74. The van der Waals surface area contributed by atoms with E-state index >= 15 is 0 Å². The Kier molecular flexibility index (Phi) is 5.53. The van der Waals surface area contributed by atoms with Crippen LogP contribution in [0, 0.1) is 11.3 Å². The van der Waals surface area contributed by atoms with Crippen molar-refractivity contribution < 1.29 is 9.53 Å². The van der Waals surface area contributed by atoms with Gasteiger partial charge in [0.05, 0.1) is 18.2 Å². The van der Waals surface area contributed by atoms with Gasteiger partial charge in [0, 0.05) is 5.69 Å². The molecule has 0 radical (unpaired) electrons. The Morgan fingerprint density at radius 2 is 1.96 bits per heavy atom. The van der Waals surface area contributed by atoms with E-state index in [9.17, 15) is 4.79 Å². The number of amides is 2. The van der Waals surface area contributed by atoms with Crippen LogP contribution < -0.4 is 15.4 Å². The molecular weight excluding hydrogens is 314 g/mol. The van der Waals surface area contributed by atoms with Crippen molar-refractivity contribution in [3.05, 3.63) is 59.2 Å². The van der Waals surface area contributed by atoms with Crippen molar-refractivity contribution >= 4 is 11.7 Å². The Hall–Kier alpha value is -3.00. The van der Waals surface area contributed by atoms with Crippen molar-refractivity contribution in [1.82, 2.24) is 5.32 Å². The van der Waals surface area contributed by atoms with Gasteiger partial charge in [-0.15, -0.1) is 0 Å². The van der Waals surface area contributed by atoms with Gasteiger partial charge >= 0.3 is 6.03 Å². The predicted octanol–water partition coefficient (Wildman–Crippen LogP) is 3.64. The lowest BCUT2D eigenvalue weighted by molar-refractivity contribution is 0.247. The summed E-state index contributed by atoms with van der Waals surface area (Å²) in [4.78, 5) is 11.9. The summed E-state index contributed by atoms with van der Waals surface area (Å²) in [6.45, 7) is 0.811. The summed E-state index contributed by atoms with van der Waals surface area (Å²) in [5.74, 6) is 0.851. The topological polar surface area (TPSA) is 74.2 Å². The van der Waals surface area contributed by atoms with Crippen LogP contribution in [0.5, 0.6) is 5.75 Å². The molecule has 5 nitrogen and oxygen atoms in total. The lowest BCUT2D eigenvalue weighted by Gasteiger charge is -2.17. The third-order valence-corrected chi connectivity index (χ3v) is 4.23. The number of fused-ring (bicyclic) bond motifs is 1. The van der Waals surface area contributed by atoms with Gasteiger partial charge in [0.15, 0.2) is 0 Å². The molecule has 0 saturated carbocycles. The van der Waals surface area contributed by atoms with Gasteiger partial charge < -0.3 is 15.4 Å². The highest BCUT2D eigenvalue weighted by molar-refractivity contribution is 5.89. The van der Waals surface area contributed by atoms with E-state index in [1.54, 1.807) is 24.3 Å². The number of nitriles is 1. The molecule has 128 valence electrons. The summed E-state index contributed by atoms with van der Waals surface area (Å²) in [5, 5.41) is 14.3. The first-order chi connectivity index (χ1) is 12.2. The van der Waals surface area contributed by atoms with Gasteiger partial charge in [-0.2, -0.15) is 5.26 Å². The Labute approximate surface area is 147 Å². The zero-order chi connectivity index (χ0) is 17.5. The zero-order valence-electron chi connectivity index (χ0n) is 14.0. The van der Waals surface area contributed by atoms with Gasteiger partial charge in [0.1, 0.15) is 12.4 Å². The number of urea groups is 1. The number of hydrogen-bond donors (Lipinski definition) is 2. The van der Waals surface area contributed by atoms with E-state index in [4.69, 9.17) is 10.00 Å². The molecule has 2 N–H and O–H groups in total. The number of carbonyl (C=O) groups is 1. The quantitative estimate of drug-likeness (QED) is 0.819. The normalized spacial score (nSPS) is 12.6. The summed E-state index contributed by atoms with van der Waals surface area (Å²) in [6, 6.07) is 14.8. The molecule has 0 heterocycles. The minimum Gasteiger partial charge on any atom is -0.492 e. The van der Waals surface area contributed by atoms with Crippen LogP contribution in [0.4, 0.5) is 10.5 Å². The summed E-state index contributed by atoms with van der Waals surface area (Å²) in [7, 11) is 0. The van der Waals surface area contributed by atoms with Crippen molar-refractivity contribution in [1.29, 1.82) is 5.26 Å². The van der Waals surface area contributed by atoms with E-state index in [-0.39, 0.29) is 6.03 Å². The predicted molar refractivity (Wildman–Crippen MR) is 96.8 cm³/mol. The first-order valence-corrected chi connectivity index (χ1v) is 8.54. The second kappa shape index (κ2) is 8.20. The van der Waals surface area contributed by atoms with E-state index in [1.165, 1.54) is 24.0 Å². The van der Waals surface area contributed by atoms with Crippen LogP contribution in [0.15, 0.2) is 42.5 Å².